The topological polar surface area (TPSA) is 79.7 Å². The lowest BCUT2D eigenvalue weighted by Gasteiger charge is -2.24. The average molecular weight is 414 g/mol. The minimum Gasteiger partial charge on any atom is -0.507 e. The summed E-state index contributed by atoms with van der Waals surface area (Å²) in [5.41, 5.74) is 2.32. The summed E-state index contributed by atoms with van der Waals surface area (Å²) in [6.45, 7) is 4.28. The lowest BCUT2D eigenvalue weighted by molar-refractivity contribution is -0.132. The fraction of sp³-hybridized carbons (Fsp3) is 0.160. The largest absolute Gasteiger partial charge is 0.507 e. The van der Waals surface area contributed by atoms with E-state index in [1.54, 1.807) is 66.9 Å². The Balaban J connectivity index is 1.89. The normalized spacial score (nSPS) is 17.7. The number of Topliss-reactive ketones (excluding diaryl/α,β-unsaturated/α-hetero) is 1. The molecule has 1 fully saturated rings. The number of rotatable bonds is 5. The Morgan fingerprint density at radius 1 is 1.06 bits per heavy atom. The average Bonchev–Trinajstić information content (AvgIpc) is 3.06. The summed E-state index contributed by atoms with van der Waals surface area (Å²) < 4.78 is 5.56. The van der Waals surface area contributed by atoms with Gasteiger partial charge in [0.1, 0.15) is 17.6 Å². The molecular weight excluding hydrogens is 392 g/mol. The Morgan fingerprint density at radius 2 is 1.81 bits per heavy atom. The van der Waals surface area contributed by atoms with Gasteiger partial charge in [0, 0.05) is 17.4 Å². The number of ketones is 1. The third kappa shape index (κ3) is 3.68. The van der Waals surface area contributed by atoms with Crippen LogP contribution in [-0.2, 0) is 9.59 Å². The van der Waals surface area contributed by atoms with Gasteiger partial charge >= 0.3 is 0 Å². The molecule has 6 heteroatoms. The summed E-state index contributed by atoms with van der Waals surface area (Å²) in [5.74, 6) is -0.988. The minimum absolute atomic E-state index is 0.0103. The minimum atomic E-state index is -0.838. The lowest BCUT2D eigenvalue weighted by Crippen LogP contribution is -2.29. The molecule has 2 heterocycles. The number of anilines is 1. The van der Waals surface area contributed by atoms with E-state index in [-0.39, 0.29) is 11.3 Å². The zero-order chi connectivity index (χ0) is 22.0. The number of amides is 1. The van der Waals surface area contributed by atoms with Crippen LogP contribution in [0.15, 0.2) is 78.5 Å². The Bertz CT molecular complexity index is 1160. The number of pyridine rings is 1. The molecule has 156 valence electrons. The monoisotopic (exact) mass is 414 g/mol. The molecule has 1 atom stereocenters. The van der Waals surface area contributed by atoms with Gasteiger partial charge in [0.25, 0.3) is 11.7 Å². The van der Waals surface area contributed by atoms with Crippen molar-refractivity contribution in [3.63, 3.8) is 0 Å². The number of nitrogens with zero attached hydrogens (tertiary/aromatic N) is 2. The molecule has 1 unspecified atom stereocenters. The van der Waals surface area contributed by atoms with Gasteiger partial charge < -0.3 is 9.84 Å². The van der Waals surface area contributed by atoms with Crippen LogP contribution in [0.1, 0.15) is 29.8 Å². The molecule has 1 aromatic heterocycles. The zero-order valence-electron chi connectivity index (χ0n) is 17.3. The first-order valence-corrected chi connectivity index (χ1v) is 10.0. The smallest absolute Gasteiger partial charge is 0.300 e. The number of aromatic nitrogens is 1. The molecule has 6 nitrogen and oxygen atoms in total. The van der Waals surface area contributed by atoms with Gasteiger partial charge in [-0.05, 0) is 61.9 Å². The van der Waals surface area contributed by atoms with Crippen LogP contribution >= 0.6 is 0 Å². The van der Waals surface area contributed by atoms with E-state index in [0.717, 1.165) is 5.56 Å². The third-order valence-corrected chi connectivity index (χ3v) is 5.19. The molecule has 1 aliphatic rings. The summed E-state index contributed by atoms with van der Waals surface area (Å²) in [5, 5.41) is 11.2. The highest BCUT2D eigenvalue weighted by atomic mass is 16.5. The second-order valence-corrected chi connectivity index (χ2v) is 7.17. The molecule has 3 aromatic rings. The maximum absolute atomic E-state index is 13.1. The van der Waals surface area contributed by atoms with E-state index in [4.69, 9.17) is 4.74 Å². The molecule has 1 N–H and O–H groups in total. The van der Waals surface area contributed by atoms with E-state index >= 15 is 0 Å². The number of aryl methyl sites for hydroxylation is 1. The summed E-state index contributed by atoms with van der Waals surface area (Å²) in [7, 11) is 0. The van der Waals surface area contributed by atoms with Gasteiger partial charge in [-0.3, -0.25) is 19.5 Å². The van der Waals surface area contributed by atoms with Crippen LogP contribution in [0.25, 0.3) is 5.76 Å². The maximum atomic E-state index is 13.1. The van der Waals surface area contributed by atoms with E-state index < -0.39 is 17.7 Å². The summed E-state index contributed by atoms with van der Waals surface area (Å²) >= 11 is 0. The molecule has 0 aliphatic carbocycles. The van der Waals surface area contributed by atoms with Crippen molar-refractivity contribution in [3.05, 3.63) is 95.3 Å². The third-order valence-electron chi connectivity index (χ3n) is 5.19. The lowest BCUT2D eigenvalue weighted by atomic mass is 9.97. The van der Waals surface area contributed by atoms with Crippen LogP contribution in [0.3, 0.4) is 0 Å². The Labute approximate surface area is 180 Å². The maximum Gasteiger partial charge on any atom is 0.300 e. The van der Waals surface area contributed by atoms with Crippen molar-refractivity contribution in [2.75, 3.05) is 11.5 Å². The van der Waals surface area contributed by atoms with Crippen molar-refractivity contribution in [2.45, 2.75) is 19.9 Å². The Hall–Kier alpha value is -3.93. The first-order valence-electron chi connectivity index (χ1n) is 10.0. The zero-order valence-corrected chi connectivity index (χ0v) is 17.3. The van der Waals surface area contributed by atoms with Gasteiger partial charge in [-0.1, -0.05) is 24.3 Å². The van der Waals surface area contributed by atoms with Crippen molar-refractivity contribution < 1.29 is 19.4 Å². The van der Waals surface area contributed by atoms with Crippen LogP contribution in [0.4, 0.5) is 5.69 Å². The number of hydrogen-bond acceptors (Lipinski definition) is 5. The molecule has 1 saturated heterocycles. The number of aliphatic hydroxyl groups is 1. The number of carbonyl (C=O) groups excluding carboxylic acids is 2. The van der Waals surface area contributed by atoms with Crippen LogP contribution in [0.2, 0.25) is 0 Å². The van der Waals surface area contributed by atoms with Crippen molar-refractivity contribution in [1.82, 2.24) is 4.98 Å². The predicted octanol–water partition coefficient (Wildman–Crippen LogP) is 4.42. The highest BCUT2D eigenvalue weighted by molar-refractivity contribution is 6.51. The van der Waals surface area contributed by atoms with E-state index in [2.05, 4.69) is 4.98 Å². The number of ether oxygens (including phenoxy) is 1. The van der Waals surface area contributed by atoms with Crippen molar-refractivity contribution in [3.8, 4) is 5.75 Å². The van der Waals surface area contributed by atoms with Crippen molar-refractivity contribution in [1.29, 1.82) is 0 Å². The van der Waals surface area contributed by atoms with Gasteiger partial charge in [-0.15, -0.1) is 0 Å². The fourth-order valence-corrected chi connectivity index (χ4v) is 3.77. The van der Waals surface area contributed by atoms with Crippen molar-refractivity contribution in [2.24, 2.45) is 0 Å². The van der Waals surface area contributed by atoms with E-state index in [1.807, 2.05) is 19.9 Å². The number of aliphatic hydroxyl groups excluding tert-OH is 1. The van der Waals surface area contributed by atoms with Crippen LogP contribution in [-0.4, -0.2) is 28.4 Å². The second-order valence-electron chi connectivity index (χ2n) is 7.17. The Morgan fingerprint density at radius 3 is 2.45 bits per heavy atom. The molecule has 4 rings (SSSR count). The van der Waals surface area contributed by atoms with Gasteiger partial charge in [0.05, 0.1) is 17.9 Å². The van der Waals surface area contributed by atoms with Crippen molar-refractivity contribution >= 4 is 23.1 Å². The standard InChI is InChI=1S/C25H22N2O4/c1-3-31-20-13-12-17(15-16(20)2)23(28)21-22(19-11-7-8-14-26-19)27(25(30)24(21)29)18-9-5-4-6-10-18/h4-15,22,28H,3H2,1-2H3/b23-21-. The highest BCUT2D eigenvalue weighted by Crippen LogP contribution is 2.41. The highest BCUT2D eigenvalue weighted by Gasteiger charge is 2.47. The number of para-hydroxylation sites is 1. The van der Waals surface area contributed by atoms with Gasteiger partial charge in [-0.25, -0.2) is 0 Å². The van der Waals surface area contributed by atoms with Crippen LogP contribution in [0.5, 0.6) is 5.75 Å². The first-order chi connectivity index (χ1) is 15.0. The van der Waals surface area contributed by atoms with E-state index in [1.165, 1.54) is 4.90 Å². The molecule has 0 saturated carbocycles. The SMILES string of the molecule is CCOc1ccc(/C(O)=C2/C(=O)C(=O)N(c3ccccc3)C2c2ccccn2)cc1C. The van der Waals surface area contributed by atoms with Gasteiger partial charge in [0.2, 0.25) is 0 Å². The summed E-state index contributed by atoms with van der Waals surface area (Å²) in [6, 6.07) is 18.5. The number of benzene rings is 2. The van der Waals surface area contributed by atoms with Gasteiger partial charge in [-0.2, -0.15) is 0 Å². The summed E-state index contributed by atoms with van der Waals surface area (Å²) in [4.78, 5) is 31.9. The second kappa shape index (κ2) is 8.44. The molecule has 0 radical (unpaired) electrons. The molecule has 0 bridgehead atoms. The quantitative estimate of drug-likeness (QED) is 0.380. The molecule has 1 amide bonds. The van der Waals surface area contributed by atoms with E-state index in [9.17, 15) is 14.7 Å². The Kier molecular flexibility index (Phi) is 5.54. The predicted molar refractivity (Wildman–Crippen MR) is 118 cm³/mol. The van der Waals surface area contributed by atoms with Gasteiger partial charge in [0.15, 0.2) is 0 Å². The fourth-order valence-electron chi connectivity index (χ4n) is 3.77. The van der Waals surface area contributed by atoms with E-state index in [0.29, 0.717) is 29.3 Å². The van der Waals surface area contributed by atoms with Crippen LogP contribution in [0, 0.1) is 6.92 Å². The molecule has 2 aromatic carbocycles. The molecule has 31 heavy (non-hydrogen) atoms. The first kappa shape index (κ1) is 20.3. The molecular formula is C25H22N2O4. The molecule has 1 aliphatic heterocycles. The number of hydrogen-bond donors (Lipinski definition) is 1. The summed E-state index contributed by atoms with van der Waals surface area (Å²) in [6.07, 6.45) is 1.60. The number of carbonyl (C=O) groups is 2. The molecule has 0 spiro atoms. The van der Waals surface area contributed by atoms with Crippen LogP contribution < -0.4 is 9.64 Å².